The van der Waals surface area contributed by atoms with E-state index in [-0.39, 0.29) is 12.3 Å². The van der Waals surface area contributed by atoms with Gasteiger partial charge in [-0.05, 0) is 25.2 Å². The zero-order chi connectivity index (χ0) is 9.52. The van der Waals surface area contributed by atoms with E-state index < -0.39 is 0 Å². The number of hydrogen-bond acceptors (Lipinski definition) is 2. The van der Waals surface area contributed by atoms with Crippen LogP contribution in [-0.4, -0.2) is 12.5 Å². The number of amides is 1. The van der Waals surface area contributed by atoms with Crippen molar-refractivity contribution in [3.63, 3.8) is 0 Å². The largest absolute Gasteiger partial charge is 0.355 e. The second-order valence-corrected chi connectivity index (χ2v) is 3.29. The minimum absolute atomic E-state index is 0.0252. The third-order valence-electron chi connectivity index (χ3n) is 2.21. The Morgan fingerprint density at radius 3 is 3.08 bits per heavy atom. The van der Waals surface area contributed by atoms with Gasteiger partial charge >= 0.3 is 0 Å². The molecule has 1 aliphatic rings. The molecule has 3 heteroatoms. The molecule has 13 heavy (non-hydrogen) atoms. The van der Waals surface area contributed by atoms with E-state index >= 15 is 0 Å². The quantitative estimate of drug-likeness (QED) is 0.663. The molecule has 1 aliphatic carbocycles. The molecule has 0 saturated carbocycles. The summed E-state index contributed by atoms with van der Waals surface area (Å²) in [4.78, 5) is 10.9. The van der Waals surface area contributed by atoms with Crippen molar-refractivity contribution in [2.24, 2.45) is 5.92 Å². The first-order valence-corrected chi connectivity index (χ1v) is 4.61. The number of carbonyl (C=O) groups excluding carboxylic acids is 1. The van der Waals surface area contributed by atoms with Gasteiger partial charge < -0.3 is 5.32 Å². The lowest BCUT2D eigenvalue weighted by atomic mass is 9.94. The molecule has 70 valence electrons. The molecule has 0 aromatic carbocycles. The van der Waals surface area contributed by atoms with Crippen molar-refractivity contribution in [1.29, 1.82) is 5.26 Å². The third kappa shape index (κ3) is 3.75. The summed E-state index contributed by atoms with van der Waals surface area (Å²) < 4.78 is 0. The van der Waals surface area contributed by atoms with Crippen molar-refractivity contribution in [3.05, 3.63) is 12.2 Å². The Balaban J connectivity index is 2.15. The van der Waals surface area contributed by atoms with E-state index in [0.29, 0.717) is 12.5 Å². The molecule has 1 rings (SSSR count). The van der Waals surface area contributed by atoms with Crippen molar-refractivity contribution in [2.75, 3.05) is 6.54 Å². The standard InChI is InChI=1S/C10H14N2O/c11-7-6-10(13)12-8-9-4-2-1-3-5-9/h1-2,9H,3-6,8H2,(H,12,13). The summed E-state index contributed by atoms with van der Waals surface area (Å²) >= 11 is 0. The highest BCUT2D eigenvalue weighted by Gasteiger charge is 2.10. The Morgan fingerprint density at radius 1 is 1.62 bits per heavy atom. The maximum absolute atomic E-state index is 10.9. The molecule has 1 amide bonds. The summed E-state index contributed by atoms with van der Waals surface area (Å²) in [5.74, 6) is 0.407. The van der Waals surface area contributed by atoms with Crippen molar-refractivity contribution in [3.8, 4) is 6.07 Å². The molecule has 0 saturated heterocycles. The lowest BCUT2D eigenvalue weighted by Crippen LogP contribution is -2.29. The smallest absolute Gasteiger partial charge is 0.234 e. The number of nitriles is 1. The van der Waals surface area contributed by atoms with Crippen LogP contribution in [0.1, 0.15) is 25.7 Å². The first-order chi connectivity index (χ1) is 6.33. The monoisotopic (exact) mass is 178 g/mol. The van der Waals surface area contributed by atoms with Crippen LogP contribution in [0.2, 0.25) is 0 Å². The molecule has 0 aromatic rings. The van der Waals surface area contributed by atoms with Gasteiger partial charge in [0, 0.05) is 6.54 Å². The summed E-state index contributed by atoms with van der Waals surface area (Å²) in [5.41, 5.74) is 0. The van der Waals surface area contributed by atoms with Crippen LogP contribution in [0, 0.1) is 17.2 Å². The fraction of sp³-hybridized carbons (Fsp3) is 0.600. The molecule has 0 spiro atoms. The number of nitrogens with zero attached hydrogens (tertiary/aromatic N) is 1. The predicted octanol–water partition coefficient (Wildman–Crippen LogP) is 1.37. The molecular formula is C10H14N2O. The van der Waals surface area contributed by atoms with E-state index in [9.17, 15) is 4.79 Å². The van der Waals surface area contributed by atoms with E-state index in [0.717, 1.165) is 19.3 Å². The van der Waals surface area contributed by atoms with E-state index in [1.807, 2.05) is 6.07 Å². The first kappa shape index (κ1) is 9.79. The van der Waals surface area contributed by atoms with Crippen molar-refractivity contribution in [1.82, 2.24) is 5.32 Å². The first-order valence-electron chi connectivity index (χ1n) is 4.61. The number of rotatable bonds is 3. The van der Waals surface area contributed by atoms with Gasteiger partial charge in [-0.2, -0.15) is 5.26 Å². The van der Waals surface area contributed by atoms with Gasteiger partial charge in [-0.15, -0.1) is 0 Å². The van der Waals surface area contributed by atoms with Gasteiger partial charge in [0.1, 0.15) is 6.42 Å². The van der Waals surface area contributed by atoms with E-state index in [1.165, 1.54) is 0 Å². The molecule has 1 atom stereocenters. The summed E-state index contributed by atoms with van der Waals surface area (Å²) in [6.07, 6.45) is 7.61. The maximum atomic E-state index is 10.9. The Kier molecular flexibility index (Phi) is 4.04. The summed E-state index contributed by atoms with van der Waals surface area (Å²) in [6, 6.07) is 1.83. The average molecular weight is 178 g/mol. The molecule has 0 fully saturated rings. The summed E-state index contributed by atoms with van der Waals surface area (Å²) in [6.45, 7) is 0.713. The van der Waals surface area contributed by atoms with Gasteiger partial charge in [-0.25, -0.2) is 0 Å². The van der Waals surface area contributed by atoms with E-state index in [4.69, 9.17) is 5.26 Å². The van der Waals surface area contributed by atoms with E-state index in [2.05, 4.69) is 17.5 Å². The second-order valence-electron chi connectivity index (χ2n) is 3.29. The maximum Gasteiger partial charge on any atom is 0.234 e. The highest BCUT2D eigenvalue weighted by molar-refractivity contribution is 5.77. The Morgan fingerprint density at radius 2 is 2.46 bits per heavy atom. The third-order valence-corrected chi connectivity index (χ3v) is 2.21. The fourth-order valence-electron chi connectivity index (χ4n) is 1.43. The van der Waals surface area contributed by atoms with Crippen molar-refractivity contribution < 1.29 is 4.79 Å². The van der Waals surface area contributed by atoms with Gasteiger partial charge in [0.2, 0.25) is 5.91 Å². The van der Waals surface area contributed by atoms with Crippen LogP contribution in [0.4, 0.5) is 0 Å². The van der Waals surface area contributed by atoms with Crippen LogP contribution in [0.5, 0.6) is 0 Å². The molecule has 1 unspecified atom stereocenters. The number of nitrogens with one attached hydrogen (secondary N) is 1. The zero-order valence-electron chi connectivity index (χ0n) is 7.62. The molecule has 1 N–H and O–H groups in total. The fourth-order valence-corrected chi connectivity index (χ4v) is 1.43. The molecule has 0 heterocycles. The van der Waals surface area contributed by atoms with Gasteiger partial charge in [-0.1, -0.05) is 12.2 Å². The molecule has 0 aromatic heterocycles. The van der Waals surface area contributed by atoms with Crippen molar-refractivity contribution in [2.45, 2.75) is 25.7 Å². The van der Waals surface area contributed by atoms with Crippen LogP contribution in [-0.2, 0) is 4.79 Å². The average Bonchev–Trinajstić information content (AvgIpc) is 2.17. The van der Waals surface area contributed by atoms with Crippen LogP contribution < -0.4 is 5.32 Å². The predicted molar refractivity (Wildman–Crippen MR) is 49.7 cm³/mol. The Hall–Kier alpha value is -1.30. The SMILES string of the molecule is N#CCC(=O)NCC1CC=CCC1. The minimum Gasteiger partial charge on any atom is -0.355 e. The molecule has 0 radical (unpaired) electrons. The zero-order valence-corrected chi connectivity index (χ0v) is 7.62. The molecular weight excluding hydrogens is 164 g/mol. The Bertz CT molecular complexity index is 240. The van der Waals surface area contributed by atoms with Crippen LogP contribution >= 0.6 is 0 Å². The van der Waals surface area contributed by atoms with Gasteiger partial charge in [0.05, 0.1) is 6.07 Å². The number of hydrogen-bond donors (Lipinski definition) is 1. The highest BCUT2D eigenvalue weighted by Crippen LogP contribution is 2.16. The lowest BCUT2D eigenvalue weighted by molar-refractivity contribution is -0.120. The summed E-state index contributed by atoms with van der Waals surface area (Å²) in [5, 5.41) is 11.0. The van der Waals surface area contributed by atoms with Gasteiger partial charge in [0.15, 0.2) is 0 Å². The summed E-state index contributed by atoms with van der Waals surface area (Å²) in [7, 11) is 0. The topological polar surface area (TPSA) is 52.9 Å². The van der Waals surface area contributed by atoms with Crippen LogP contribution in [0.3, 0.4) is 0 Å². The lowest BCUT2D eigenvalue weighted by Gasteiger charge is -2.17. The van der Waals surface area contributed by atoms with Crippen molar-refractivity contribution >= 4 is 5.91 Å². The molecule has 0 bridgehead atoms. The highest BCUT2D eigenvalue weighted by atomic mass is 16.1. The number of allylic oxidation sites excluding steroid dienone is 2. The molecule has 0 aliphatic heterocycles. The van der Waals surface area contributed by atoms with Crippen LogP contribution in [0.15, 0.2) is 12.2 Å². The normalized spacial score (nSPS) is 20.7. The van der Waals surface area contributed by atoms with Crippen LogP contribution in [0.25, 0.3) is 0 Å². The van der Waals surface area contributed by atoms with Gasteiger partial charge in [-0.3, -0.25) is 4.79 Å². The van der Waals surface area contributed by atoms with E-state index in [1.54, 1.807) is 0 Å². The second kappa shape index (κ2) is 5.36. The number of carbonyl (C=O) groups is 1. The van der Waals surface area contributed by atoms with Gasteiger partial charge in [0.25, 0.3) is 0 Å². The molecule has 3 nitrogen and oxygen atoms in total. The Labute approximate surface area is 78.4 Å². The minimum atomic E-state index is -0.156.